The maximum Gasteiger partial charge on any atom is 0.250 e. The van der Waals surface area contributed by atoms with Crippen LogP contribution in [0.3, 0.4) is 0 Å². The third-order valence-electron chi connectivity index (χ3n) is 5.31. The molecule has 1 fully saturated rings. The van der Waals surface area contributed by atoms with Crippen LogP contribution in [0, 0.1) is 5.92 Å². The van der Waals surface area contributed by atoms with Gasteiger partial charge in [-0.1, -0.05) is 13.8 Å². The van der Waals surface area contributed by atoms with Crippen molar-refractivity contribution < 1.29 is 14.3 Å². The van der Waals surface area contributed by atoms with Gasteiger partial charge in [-0.15, -0.1) is 0 Å². The van der Waals surface area contributed by atoms with Crippen molar-refractivity contribution in [1.82, 2.24) is 15.1 Å². The quantitative estimate of drug-likeness (QED) is 0.802. The number of likely N-dealkylation sites (tertiary alicyclic amines) is 1. The number of nitrogens with zero attached hydrogens (tertiary/aromatic N) is 2. The van der Waals surface area contributed by atoms with Gasteiger partial charge in [-0.3, -0.25) is 9.59 Å². The molecule has 150 valence electrons. The van der Waals surface area contributed by atoms with Gasteiger partial charge in [-0.25, -0.2) is 0 Å². The molecule has 3 unspecified atom stereocenters. The normalized spacial score (nSPS) is 28.8. The minimum atomic E-state index is -0.324. The van der Waals surface area contributed by atoms with Crippen LogP contribution in [0.15, 0.2) is 23.6 Å². The molecule has 3 rings (SSSR count). The molecule has 3 atom stereocenters. The van der Waals surface area contributed by atoms with Gasteiger partial charge in [0.25, 0.3) is 5.91 Å². The Morgan fingerprint density at radius 2 is 1.96 bits per heavy atom. The van der Waals surface area contributed by atoms with Crippen molar-refractivity contribution in [3.63, 3.8) is 0 Å². The molecule has 0 aromatic heterocycles. The van der Waals surface area contributed by atoms with Gasteiger partial charge in [0.2, 0.25) is 5.91 Å². The Hall–Kier alpha value is -1.98. The van der Waals surface area contributed by atoms with E-state index in [0.29, 0.717) is 5.92 Å². The summed E-state index contributed by atoms with van der Waals surface area (Å²) in [5, 5.41) is 2.92. The minimum Gasteiger partial charge on any atom is -0.490 e. The lowest BCUT2D eigenvalue weighted by atomic mass is 10.0. The molecule has 6 nitrogen and oxygen atoms in total. The molecular weight excluding hydrogens is 342 g/mol. The third-order valence-corrected chi connectivity index (χ3v) is 5.31. The van der Waals surface area contributed by atoms with Gasteiger partial charge < -0.3 is 19.9 Å². The van der Waals surface area contributed by atoms with Crippen LogP contribution in [0.1, 0.15) is 54.4 Å². The smallest absolute Gasteiger partial charge is 0.250 e. The molecule has 0 aromatic rings. The Morgan fingerprint density at radius 1 is 1.26 bits per heavy atom. The van der Waals surface area contributed by atoms with E-state index in [1.807, 2.05) is 32.6 Å². The first kappa shape index (κ1) is 19.8. The van der Waals surface area contributed by atoms with E-state index in [2.05, 4.69) is 24.1 Å². The Balaban J connectivity index is 1.76. The predicted octanol–water partition coefficient (Wildman–Crippen LogP) is 2.42. The maximum absolute atomic E-state index is 12.9. The first-order valence-electron chi connectivity index (χ1n) is 10.0. The number of hydrogen-bond donors (Lipinski definition) is 1. The first-order valence-corrected chi connectivity index (χ1v) is 10.0. The molecule has 0 spiro atoms. The summed E-state index contributed by atoms with van der Waals surface area (Å²) < 4.78 is 6.15. The fourth-order valence-electron chi connectivity index (χ4n) is 4.30. The van der Waals surface area contributed by atoms with Crippen LogP contribution in [0.5, 0.6) is 0 Å². The van der Waals surface area contributed by atoms with Crippen molar-refractivity contribution in [2.75, 3.05) is 13.1 Å². The lowest BCUT2D eigenvalue weighted by molar-refractivity contribution is -0.129. The molecule has 1 saturated heterocycles. The molecular formula is C21H33N3O3. The number of hydrogen-bond acceptors (Lipinski definition) is 4. The van der Waals surface area contributed by atoms with E-state index in [-0.39, 0.29) is 35.5 Å². The van der Waals surface area contributed by atoms with Gasteiger partial charge in [0.15, 0.2) is 0 Å². The van der Waals surface area contributed by atoms with Crippen LogP contribution in [-0.4, -0.2) is 58.4 Å². The van der Waals surface area contributed by atoms with Crippen LogP contribution in [0.2, 0.25) is 0 Å². The highest BCUT2D eigenvalue weighted by Crippen LogP contribution is 2.34. The van der Waals surface area contributed by atoms with E-state index in [0.717, 1.165) is 37.4 Å². The second-order valence-electron chi connectivity index (χ2n) is 9.34. The molecule has 3 heterocycles. The fourth-order valence-corrected chi connectivity index (χ4v) is 4.30. The largest absolute Gasteiger partial charge is 0.490 e. The van der Waals surface area contributed by atoms with Crippen molar-refractivity contribution in [2.45, 2.75) is 78.1 Å². The summed E-state index contributed by atoms with van der Waals surface area (Å²) in [6.45, 7) is 14.0. The molecule has 0 bridgehead atoms. The SMILES string of the molecule is CC(C)CC1C(OC(C)(C)C)=CC(=O)N1C1CCN(C2=CC(=O)NC2C)C1. The highest BCUT2D eigenvalue weighted by Gasteiger charge is 2.43. The monoisotopic (exact) mass is 375 g/mol. The molecule has 3 aliphatic rings. The number of rotatable bonds is 5. The van der Waals surface area contributed by atoms with Crippen molar-refractivity contribution >= 4 is 11.8 Å². The molecule has 0 saturated carbocycles. The van der Waals surface area contributed by atoms with Crippen LogP contribution in [0.25, 0.3) is 0 Å². The molecule has 27 heavy (non-hydrogen) atoms. The predicted molar refractivity (Wildman–Crippen MR) is 105 cm³/mol. The summed E-state index contributed by atoms with van der Waals surface area (Å²) in [6, 6.07) is 0.175. The zero-order valence-corrected chi connectivity index (χ0v) is 17.4. The summed E-state index contributed by atoms with van der Waals surface area (Å²) >= 11 is 0. The van der Waals surface area contributed by atoms with Crippen LogP contribution in [0.4, 0.5) is 0 Å². The van der Waals surface area contributed by atoms with Crippen molar-refractivity contribution in [3.8, 4) is 0 Å². The number of amides is 2. The van der Waals surface area contributed by atoms with Gasteiger partial charge in [0.05, 0.1) is 18.1 Å². The summed E-state index contributed by atoms with van der Waals surface area (Å²) in [6.07, 6.45) is 5.18. The second kappa shape index (κ2) is 7.21. The standard InChI is InChI=1S/C21H33N3O3/c1-13(2)9-17-18(27-21(4,5)6)11-20(26)24(17)15-7-8-23(12-15)16-10-19(25)22-14(16)3/h10-11,13-15,17H,7-9,12H2,1-6H3,(H,22,25). The van der Waals surface area contributed by atoms with Crippen LogP contribution < -0.4 is 5.32 Å². The molecule has 0 radical (unpaired) electrons. The Morgan fingerprint density at radius 3 is 2.52 bits per heavy atom. The lowest BCUT2D eigenvalue weighted by Crippen LogP contribution is -2.46. The topological polar surface area (TPSA) is 61.9 Å². The highest BCUT2D eigenvalue weighted by molar-refractivity contribution is 5.92. The lowest BCUT2D eigenvalue weighted by Gasteiger charge is -2.35. The highest BCUT2D eigenvalue weighted by atomic mass is 16.5. The molecule has 0 aliphatic carbocycles. The third kappa shape index (κ3) is 4.30. The molecule has 3 aliphatic heterocycles. The van der Waals surface area contributed by atoms with Crippen LogP contribution >= 0.6 is 0 Å². The van der Waals surface area contributed by atoms with E-state index in [1.165, 1.54) is 0 Å². The van der Waals surface area contributed by atoms with Gasteiger partial charge >= 0.3 is 0 Å². The summed E-state index contributed by atoms with van der Waals surface area (Å²) in [7, 11) is 0. The number of nitrogens with one attached hydrogen (secondary N) is 1. The van der Waals surface area contributed by atoms with Gasteiger partial charge in [-0.05, 0) is 46.5 Å². The van der Waals surface area contributed by atoms with E-state index in [1.54, 1.807) is 12.2 Å². The maximum atomic E-state index is 12.9. The van der Waals surface area contributed by atoms with Gasteiger partial charge in [0.1, 0.15) is 11.4 Å². The summed E-state index contributed by atoms with van der Waals surface area (Å²) in [4.78, 5) is 28.8. The van der Waals surface area contributed by atoms with Crippen molar-refractivity contribution in [2.24, 2.45) is 5.92 Å². The zero-order valence-electron chi connectivity index (χ0n) is 17.4. The number of ether oxygens (including phenoxy) is 1. The molecule has 6 heteroatoms. The second-order valence-corrected chi connectivity index (χ2v) is 9.34. The first-order chi connectivity index (χ1) is 12.5. The van der Waals surface area contributed by atoms with E-state index < -0.39 is 0 Å². The van der Waals surface area contributed by atoms with E-state index >= 15 is 0 Å². The van der Waals surface area contributed by atoms with Gasteiger partial charge in [0, 0.05) is 30.9 Å². The van der Waals surface area contributed by atoms with E-state index in [9.17, 15) is 9.59 Å². The Bertz CT molecular complexity index is 675. The van der Waals surface area contributed by atoms with Crippen molar-refractivity contribution in [1.29, 1.82) is 0 Å². The summed E-state index contributed by atoms with van der Waals surface area (Å²) in [5.74, 6) is 1.28. The van der Waals surface area contributed by atoms with Gasteiger partial charge in [-0.2, -0.15) is 0 Å². The Labute approximate surface area is 162 Å². The van der Waals surface area contributed by atoms with E-state index in [4.69, 9.17) is 4.74 Å². The Kier molecular flexibility index (Phi) is 5.28. The fraction of sp³-hybridized carbons (Fsp3) is 0.714. The minimum absolute atomic E-state index is 0.00332. The molecule has 1 N–H and O–H groups in total. The zero-order chi connectivity index (χ0) is 19.9. The molecule has 0 aromatic carbocycles. The average Bonchev–Trinajstić information content (AvgIpc) is 3.16. The molecule has 2 amide bonds. The van der Waals surface area contributed by atoms with Crippen molar-refractivity contribution in [3.05, 3.63) is 23.6 Å². The number of carbonyl (C=O) groups excluding carboxylic acids is 2. The average molecular weight is 376 g/mol. The summed E-state index contributed by atoms with van der Waals surface area (Å²) in [5.41, 5.74) is 0.712. The number of carbonyl (C=O) groups is 2. The van der Waals surface area contributed by atoms with Crippen LogP contribution in [-0.2, 0) is 14.3 Å².